The summed E-state index contributed by atoms with van der Waals surface area (Å²) in [6.07, 6.45) is 3.29. The van der Waals surface area contributed by atoms with Crippen molar-refractivity contribution in [3.63, 3.8) is 0 Å². The third kappa shape index (κ3) is 2.66. The lowest BCUT2D eigenvalue weighted by molar-refractivity contribution is -0.214. The van der Waals surface area contributed by atoms with Crippen molar-refractivity contribution in [1.82, 2.24) is 4.90 Å². The number of ketones is 1. The monoisotopic (exact) mass is 463 g/mol. The molecular formula is C22H25NO8S. The number of carbonyl (C=O) groups is 2. The Kier molecular flexibility index (Phi) is 4.12. The zero-order valence-corrected chi connectivity index (χ0v) is 18.5. The predicted octanol–water partition coefficient (Wildman–Crippen LogP) is 1.57. The summed E-state index contributed by atoms with van der Waals surface area (Å²) in [5.41, 5.74) is -0.215. The lowest BCUT2D eigenvalue weighted by Crippen LogP contribution is -2.77. The molecule has 0 aromatic heterocycles. The number of piperidine rings is 1. The molecule has 4 atom stereocenters. The Hall–Kier alpha value is -2.17. The number of Topliss-reactive ketones (excluding diaryl/α,β-unsaturated/α-hetero) is 1. The zero-order valence-electron chi connectivity index (χ0n) is 17.7. The summed E-state index contributed by atoms with van der Waals surface area (Å²) in [5.74, 6) is 0.160. The van der Waals surface area contributed by atoms with E-state index < -0.39 is 33.5 Å². The second-order valence-electron chi connectivity index (χ2n) is 9.76. The molecule has 1 unspecified atom stereocenters. The second kappa shape index (κ2) is 6.45. The van der Waals surface area contributed by atoms with E-state index in [1.807, 2.05) is 0 Å². The summed E-state index contributed by atoms with van der Waals surface area (Å²) < 4.78 is 49.3. The van der Waals surface area contributed by atoms with Crippen LogP contribution in [0.2, 0.25) is 0 Å². The van der Waals surface area contributed by atoms with Crippen LogP contribution in [0, 0.1) is 5.92 Å². The summed E-state index contributed by atoms with van der Waals surface area (Å²) in [5, 5.41) is 0. The maximum Gasteiger partial charge on any atom is 0.446 e. The molecule has 1 spiro atoms. The van der Waals surface area contributed by atoms with Gasteiger partial charge in [0.15, 0.2) is 23.4 Å². The second-order valence-corrected chi connectivity index (χ2v) is 10.8. The van der Waals surface area contributed by atoms with Gasteiger partial charge in [0.1, 0.15) is 5.60 Å². The van der Waals surface area contributed by atoms with Gasteiger partial charge in [-0.05, 0) is 56.2 Å². The van der Waals surface area contributed by atoms with Crippen LogP contribution in [0.5, 0.6) is 11.5 Å². The van der Waals surface area contributed by atoms with Gasteiger partial charge in [-0.3, -0.25) is 19.0 Å². The van der Waals surface area contributed by atoms with Crippen LogP contribution >= 0.6 is 0 Å². The number of hydrogen-bond donors (Lipinski definition) is 1. The highest BCUT2D eigenvalue weighted by atomic mass is 32.3. The highest BCUT2D eigenvalue weighted by molar-refractivity contribution is 7.81. The van der Waals surface area contributed by atoms with Gasteiger partial charge in [0, 0.05) is 25.5 Å². The lowest BCUT2D eigenvalue weighted by atomic mass is 9.48. The molecule has 3 aliphatic carbocycles. The molecule has 2 saturated carbocycles. The Balaban J connectivity index is 1.58. The molecule has 0 radical (unpaired) electrons. The number of ether oxygens (including phenoxy) is 2. The van der Waals surface area contributed by atoms with E-state index in [1.165, 1.54) is 25.8 Å². The van der Waals surface area contributed by atoms with E-state index in [0.29, 0.717) is 30.7 Å². The minimum absolute atomic E-state index is 0.0910. The number of likely N-dealkylation sites (tertiary alicyclic amines) is 1. The Morgan fingerprint density at radius 1 is 1.31 bits per heavy atom. The summed E-state index contributed by atoms with van der Waals surface area (Å²) >= 11 is 0. The third-order valence-electron chi connectivity index (χ3n) is 8.02. The van der Waals surface area contributed by atoms with Crippen LogP contribution in [0.1, 0.15) is 50.2 Å². The van der Waals surface area contributed by atoms with Gasteiger partial charge in [-0.15, -0.1) is 0 Å². The first kappa shape index (κ1) is 20.4. The van der Waals surface area contributed by atoms with Crippen molar-refractivity contribution < 1.29 is 36.2 Å². The van der Waals surface area contributed by atoms with E-state index in [4.69, 9.17) is 13.7 Å². The lowest BCUT2D eigenvalue weighted by Gasteiger charge is -2.63. The summed E-state index contributed by atoms with van der Waals surface area (Å²) in [6, 6.07) is 3.14. The van der Waals surface area contributed by atoms with Gasteiger partial charge in [-0.1, -0.05) is 6.07 Å². The van der Waals surface area contributed by atoms with Crippen molar-refractivity contribution in [3.05, 3.63) is 23.3 Å². The number of rotatable bonds is 5. The number of nitrogens with zero attached hydrogens (tertiary/aromatic N) is 1. The maximum absolute atomic E-state index is 13.1. The largest absolute Gasteiger partial charge is 0.477 e. The van der Waals surface area contributed by atoms with Gasteiger partial charge in [0.2, 0.25) is 0 Å². The highest BCUT2D eigenvalue weighted by Gasteiger charge is 2.75. The topological polar surface area (TPSA) is 119 Å². The zero-order chi connectivity index (χ0) is 22.5. The van der Waals surface area contributed by atoms with Crippen molar-refractivity contribution in [3.8, 4) is 11.5 Å². The van der Waals surface area contributed by atoms with Gasteiger partial charge in [-0.25, -0.2) is 0 Å². The van der Waals surface area contributed by atoms with Crippen LogP contribution in [0.4, 0.5) is 0 Å². The van der Waals surface area contributed by atoms with Gasteiger partial charge in [-0.2, -0.15) is 8.42 Å². The molecule has 6 rings (SSSR count). The summed E-state index contributed by atoms with van der Waals surface area (Å²) in [7, 11) is -4.78. The van der Waals surface area contributed by atoms with Crippen molar-refractivity contribution in [2.24, 2.45) is 5.92 Å². The Morgan fingerprint density at radius 2 is 2.09 bits per heavy atom. The normalized spacial score (nSPS) is 35.1. The Bertz CT molecular complexity index is 1140. The Morgan fingerprint density at radius 3 is 2.78 bits per heavy atom. The average molecular weight is 464 g/mol. The fourth-order valence-electron chi connectivity index (χ4n) is 6.87. The maximum atomic E-state index is 13.1. The van der Waals surface area contributed by atoms with Crippen LogP contribution in [0.15, 0.2) is 12.1 Å². The van der Waals surface area contributed by atoms with Crippen LogP contribution in [0.25, 0.3) is 0 Å². The van der Waals surface area contributed by atoms with Crippen LogP contribution in [0.3, 0.4) is 0 Å². The molecule has 5 aliphatic rings. The molecule has 1 N–H and O–H groups in total. The van der Waals surface area contributed by atoms with Gasteiger partial charge in [0.05, 0.1) is 11.5 Å². The van der Waals surface area contributed by atoms with E-state index in [2.05, 4.69) is 4.90 Å². The number of carbonyl (C=O) groups excluding carboxylic acids is 2. The molecule has 1 saturated heterocycles. The van der Waals surface area contributed by atoms with Crippen LogP contribution in [-0.4, -0.2) is 60.5 Å². The number of esters is 1. The molecule has 2 heterocycles. The molecule has 1 aromatic rings. The van der Waals surface area contributed by atoms with E-state index >= 15 is 0 Å². The quantitative estimate of drug-likeness (QED) is 0.512. The fraction of sp³-hybridized carbons (Fsp3) is 0.636. The number of benzene rings is 1. The first-order valence-corrected chi connectivity index (χ1v) is 12.5. The SMILES string of the molecule is CC(=O)O[C@@]12CCC(=O)[C@@H]3Oc4c(OS(=O)(=O)O)ccc5c4[C@@]31CCN(CC1CC1)C2C5. The minimum Gasteiger partial charge on any atom is -0.477 e. The van der Waals surface area contributed by atoms with Crippen molar-refractivity contribution >= 4 is 22.2 Å². The standard InChI is InChI=1S/C22H25NO8S/c1-12(24)30-22-7-6-15(25)20-21(22)8-9-23(11-13-2-3-13)17(22)10-14-4-5-16(31-32(26,27)28)19(29-20)18(14)21/h4-5,13,17,20H,2-3,6-11H2,1H3,(H,26,27,28)/t17?,20-,21-,22+/m0/s1. The predicted molar refractivity (Wildman–Crippen MR) is 110 cm³/mol. The van der Waals surface area contributed by atoms with Crippen molar-refractivity contribution in [2.75, 3.05) is 13.1 Å². The molecule has 32 heavy (non-hydrogen) atoms. The van der Waals surface area contributed by atoms with Crippen LogP contribution < -0.4 is 8.92 Å². The van der Waals surface area contributed by atoms with E-state index in [1.54, 1.807) is 6.07 Å². The first-order valence-electron chi connectivity index (χ1n) is 11.1. The van der Waals surface area contributed by atoms with E-state index in [-0.39, 0.29) is 29.7 Å². The molecule has 2 aliphatic heterocycles. The minimum atomic E-state index is -4.78. The first-order chi connectivity index (χ1) is 15.1. The Labute approximate surface area is 186 Å². The molecular weight excluding hydrogens is 438 g/mol. The third-order valence-corrected chi connectivity index (χ3v) is 8.41. The van der Waals surface area contributed by atoms with Gasteiger partial charge >= 0.3 is 16.4 Å². The average Bonchev–Trinajstić information content (AvgIpc) is 3.43. The smallest absolute Gasteiger partial charge is 0.446 e. The van der Waals surface area contributed by atoms with Gasteiger partial charge in [0.25, 0.3) is 0 Å². The molecule has 10 heteroatoms. The summed E-state index contributed by atoms with van der Waals surface area (Å²) in [4.78, 5) is 27.9. The van der Waals surface area contributed by atoms with Crippen molar-refractivity contribution in [2.45, 2.75) is 68.6 Å². The van der Waals surface area contributed by atoms with Gasteiger partial charge < -0.3 is 13.7 Å². The molecule has 2 bridgehead atoms. The molecule has 9 nitrogen and oxygen atoms in total. The fourth-order valence-corrected chi connectivity index (χ4v) is 7.23. The molecule has 3 fully saturated rings. The van der Waals surface area contributed by atoms with Crippen molar-refractivity contribution in [1.29, 1.82) is 0 Å². The van der Waals surface area contributed by atoms with Crippen LogP contribution in [-0.2, 0) is 36.6 Å². The molecule has 1 aromatic carbocycles. The molecule has 0 amide bonds. The summed E-state index contributed by atoms with van der Waals surface area (Å²) in [6.45, 7) is 3.07. The molecule has 172 valence electrons. The highest BCUT2D eigenvalue weighted by Crippen LogP contribution is 2.66. The number of hydrogen-bond acceptors (Lipinski definition) is 8. The van der Waals surface area contributed by atoms with E-state index in [0.717, 1.165) is 18.7 Å². The van der Waals surface area contributed by atoms with E-state index in [9.17, 15) is 22.6 Å².